The highest BCUT2D eigenvalue weighted by Crippen LogP contribution is 2.27. The van der Waals surface area contributed by atoms with Gasteiger partial charge >= 0.3 is 0 Å². The molecule has 0 radical (unpaired) electrons. The van der Waals surface area contributed by atoms with Crippen molar-refractivity contribution in [3.63, 3.8) is 0 Å². The standard InChI is InChI=1S/C25H29N7O/c1-15(2)27-25(33)18-5-4-17-6-8-21(28-22(17)12-18)24-30-29-23-9-7-19(13-32(23)24)16(3)31-11-10-20(26)14-31/h4-9,12-13,15-16,20H,10-11,14,26H2,1-3H3,(H,27,33)/t16-,20-/m0/s1. The molecule has 0 saturated carbocycles. The lowest BCUT2D eigenvalue weighted by molar-refractivity contribution is 0.0943. The van der Waals surface area contributed by atoms with Gasteiger partial charge in [-0.25, -0.2) is 4.98 Å². The molecule has 1 amide bonds. The molecular formula is C25H29N7O. The third-order valence-corrected chi connectivity index (χ3v) is 6.31. The first kappa shape index (κ1) is 21.5. The first-order valence-electron chi connectivity index (χ1n) is 11.5. The minimum absolute atomic E-state index is 0.0720. The quantitative estimate of drug-likeness (QED) is 0.491. The van der Waals surface area contributed by atoms with E-state index in [1.807, 2.05) is 54.6 Å². The van der Waals surface area contributed by atoms with E-state index in [9.17, 15) is 4.79 Å². The van der Waals surface area contributed by atoms with Crippen LogP contribution in [0.15, 0.2) is 48.7 Å². The summed E-state index contributed by atoms with van der Waals surface area (Å²) in [6.45, 7) is 8.01. The van der Waals surface area contributed by atoms with E-state index in [0.717, 1.165) is 36.1 Å². The Bertz CT molecular complexity index is 1330. The predicted octanol–water partition coefficient (Wildman–Crippen LogP) is 3.18. The van der Waals surface area contributed by atoms with Gasteiger partial charge < -0.3 is 11.1 Å². The van der Waals surface area contributed by atoms with E-state index in [1.54, 1.807) is 0 Å². The number of hydrogen-bond acceptors (Lipinski definition) is 6. The van der Waals surface area contributed by atoms with Gasteiger partial charge in [-0.3, -0.25) is 14.1 Å². The van der Waals surface area contributed by atoms with Gasteiger partial charge in [0.2, 0.25) is 0 Å². The number of rotatable bonds is 5. The molecule has 170 valence electrons. The van der Waals surface area contributed by atoms with Crippen molar-refractivity contribution in [2.45, 2.75) is 45.3 Å². The zero-order valence-corrected chi connectivity index (χ0v) is 19.2. The minimum Gasteiger partial charge on any atom is -0.350 e. The highest BCUT2D eigenvalue weighted by atomic mass is 16.1. The lowest BCUT2D eigenvalue weighted by atomic mass is 10.1. The second kappa shape index (κ2) is 8.53. The molecule has 1 fully saturated rings. The number of carbonyl (C=O) groups excluding carboxylic acids is 1. The zero-order chi connectivity index (χ0) is 23.1. The Morgan fingerprint density at radius 2 is 1.94 bits per heavy atom. The molecule has 1 aliphatic rings. The van der Waals surface area contributed by atoms with Crippen LogP contribution in [-0.4, -0.2) is 55.6 Å². The van der Waals surface area contributed by atoms with Gasteiger partial charge in [0.05, 0.1) is 5.52 Å². The normalized spacial score (nSPS) is 17.8. The van der Waals surface area contributed by atoms with Crippen LogP contribution in [0.25, 0.3) is 28.1 Å². The van der Waals surface area contributed by atoms with Crippen molar-refractivity contribution in [3.8, 4) is 11.5 Å². The van der Waals surface area contributed by atoms with E-state index in [-0.39, 0.29) is 24.0 Å². The Kier molecular flexibility index (Phi) is 5.55. The average molecular weight is 444 g/mol. The Balaban J connectivity index is 1.51. The molecular weight excluding hydrogens is 414 g/mol. The molecule has 8 nitrogen and oxygen atoms in total. The largest absolute Gasteiger partial charge is 0.350 e. The van der Waals surface area contributed by atoms with Crippen molar-refractivity contribution in [1.29, 1.82) is 0 Å². The van der Waals surface area contributed by atoms with Crippen molar-refractivity contribution in [2.75, 3.05) is 13.1 Å². The summed E-state index contributed by atoms with van der Waals surface area (Å²) in [5.41, 5.74) is 10.1. The van der Waals surface area contributed by atoms with Crippen LogP contribution >= 0.6 is 0 Å². The number of nitrogens with two attached hydrogens (primary N) is 1. The molecule has 3 N–H and O–H groups in total. The lowest BCUT2D eigenvalue weighted by Crippen LogP contribution is -2.29. The fourth-order valence-electron chi connectivity index (χ4n) is 4.44. The number of likely N-dealkylation sites (tertiary alicyclic amines) is 1. The summed E-state index contributed by atoms with van der Waals surface area (Å²) in [5.74, 6) is 0.573. The van der Waals surface area contributed by atoms with Gasteiger partial charge in [0, 0.05) is 48.4 Å². The zero-order valence-electron chi connectivity index (χ0n) is 19.2. The van der Waals surface area contributed by atoms with E-state index >= 15 is 0 Å². The fourth-order valence-corrected chi connectivity index (χ4v) is 4.44. The van der Waals surface area contributed by atoms with Crippen LogP contribution in [0.2, 0.25) is 0 Å². The molecule has 4 heterocycles. The lowest BCUT2D eigenvalue weighted by Gasteiger charge is -2.24. The molecule has 5 rings (SSSR count). The maximum absolute atomic E-state index is 12.4. The number of carbonyl (C=O) groups is 1. The van der Waals surface area contributed by atoms with Crippen molar-refractivity contribution in [2.24, 2.45) is 5.73 Å². The summed E-state index contributed by atoms with van der Waals surface area (Å²) in [6, 6.07) is 14.2. The van der Waals surface area contributed by atoms with E-state index in [0.29, 0.717) is 17.1 Å². The topological polar surface area (TPSA) is 101 Å². The number of nitrogens with one attached hydrogen (secondary N) is 1. The molecule has 33 heavy (non-hydrogen) atoms. The summed E-state index contributed by atoms with van der Waals surface area (Å²) >= 11 is 0. The van der Waals surface area contributed by atoms with Gasteiger partial charge in [0.25, 0.3) is 5.91 Å². The summed E-state index contributed by atoms with van der Waals surface area (Å²) in [6.07, 6.45) is 3.13. The number of amides is 1. The SMILES string of the molecule is CC(C)NC(=O)c1ccc2ccc(-c3nnc4ccc([C@H](C)N5CC[C@H](N)C5)cn34)nc2c1. The van der Waals surface area contributed by atoms with Crippen LogP contribution < -0.4 is 11.1 Å². The molecule has 8 heteroatoms. The number of aromatic nitrogens is 4. The average Bonchev–Trinajstić information content (AvgIpc) is 3.43. The van der Waals surface area contributed by atoms with Crippen LogP contribution in [0.1, 0.15) is 49.2 Å². The fraction of sp³-hybridized carbons (Fsp3) is 0.360. The first-order chi connectivity index (χ1) is 15.9. The monoisotopic (exact) mass is 443 g/mol. The van der Waals surface area contributed by atoms with Gasteiger partial charge in [-0.1, -0.05) is 18.2 Å². The molecule has 3 aromatic heterocycles. The Morgan fingerprint density at radius 3 is 2.70 bits per heavy atom. The molecule has 0 aliphatic carbocycles. The minimum atomic E-state index is -0.104. The van der Waals surface area contributed by atoms with Gasteiger partial charge in [-0.2, -0.15) is 0 Å². The van der Waals surface area contributed by atoms with E-state index in [4.69, 9.17) is 10.7 Å². The third-order valence-electron chi connectivity index (χ3n) is 6.31. The van der Waals surface area contributed by atoms with Crippen LogP contribution in [0.3, 0.4) is 0 Å². The highest BCUT2D eigenvalue weighted by Gasteiger charge is 2.25. The van der Waals surface area contributed by atoms with Crippen molar-refractivity contribution in [3.05, 3.63) is 59.8 Å². The van der Waals surface area contributed by atoms with E-state index in [1.165, 1.54) is 5.56 Å². The molecule has 4 aromatic rings. The van der Waals surface area contributed by atoms with Gasteiger partial charge in [-0.15, -0.1) is 10.2 Å². The summed E-state index contributed by atoms with van der Waals surface area (Å²) in [7, 11) is 0. The van der Waals surface area contributed by atoms with Crippen LogP contribution in [0.4, 0.5) is 0 Å². The number of pyridine rings is 2. The molecule has 0 unspecified atom stereocenters. The molecule has 0 bridgehead atoms. The first-order valence-corrected chi connectivity index (χ1v) is 11.5. The second-order valence-corrected chi connectivity index (χ2v) is 9.17. The number of benzene rings is 1. The van der Waals surface area contributed by atoms with Gasteiger partial charge in [-0.05, 0) is 57.0 Å². The molecule has 2 atom stereocenters. The summed E-state index contributed by atoms with van der Waals surface area (Å²) in [4.78, 5) is 19.7. The third kappa shape index (κ3) is 4.19. The summed E-state index contributed by atoms with van der Waals surface area (Å²) < 4.78 is 1.99. The van der Waals surface area contributed by atoms with Crippen molar-refractivity contribution in [1.82, 2.24) is 29.8 Å². The number of hydrogen-bond donors (Lipinski definition) is 2. The maximum atomic E-state index is 12.4. The Morgan fingerprint density at radius 1 is 1.12 bits per heavy atom. The van der Waals surface area contributed by atoms with E-state index < -0.39 is 0 Å². The Hall–Kier alpha value is -3.36. The molecule has 0 spiro atoms. The molecule has 1 aromatic carbocycles. The summed E-state index contributed by atoms with van der Waals surface area (Å²) in [5, 5.41) is 12.6. The van der Waals surface area contributed by atoms with Crippen LogP contribution in [-0.2, 0) is 0 Å². The molecule has 1 saturated heterocycles. The maximum Gasteiger partial charge on any atom is 0.251 e. The van der Waals surface area contributed by atoms with Crippen molar-refractivity contribution < 1.29 is 4.79 Å². The number of nitrogens with zero attached hydrogens (tertiary/aromatic N) is 5. The molecule has 1 aliphatic heterocycles. The van der Waals surface area contributed by atoms with Crippen molar-refractivity contribution >= 4 is 22.5 Å². The number of fused-ring (bicyclic) bond motifs is 2. The van der Waals surface area contributed by atoms with Crippen LogP contribution in [0, 0.1) is 0 Å². The van der Waals surface area contributed by atoms with Gasteiger partial charge in [0.15, 0.2) is 11.5 Å². The smallest absolute Gasteiger partial charge is 0.251 e. The highest BCUT2D eigenvalue weighted by molar-refractivity contribution is 5.98. The van der Waals surface area contributed by atoms with Crippen LogP contribution in [0.5, 0.6) is 0 Å². The van der Waals surface area contributed by atoms with E-state index in [2.05, 4.69) is 39.6 Å². The Labute approximate surface area is 192 Å². The second-order valence-electron chi connectivity index (χ2n) is 9.17. The predicted molar refractivity (Wildman–Crippen MR) is 129 cm³/mol. The van der Waals surface area contributed by atoms with Gasteiger partial charge in [0.1, 0.15) is 5.69 Å².